The first kappa shape index (κ1) is 19.1. The fraction of sp³-hybridized carbons (Fsp3) is 0.227. The van der Waals surface area contributed by atoms with Gasteiger partial charge in [-0.15, -0.1) is 0 Å². The van der Waals surface area contributed by atoms with Gasteiger partial charge in [0, 0.05) is 37.2 Å². The number of anilines is 1. The monoisotopic (exact) mass is 416 g/mol. The molecule has 1 saturated heterocycles. The van der Waals surface area contributed by atoms with Crippen LogP contribution in [-0.2, 0) is 10.4 Å². The number of hydrogen-bond donors (Lipinski definition) is 2. The lowest BCUT2D eigenvalue weighted by molar-refractivity contribution is -0.144. The standard InChI is InChI=1S/C22H20N6O3/c1-12-8-15(26-19-18(12)24-11-25-20(19)23)13-4-3-5-14(9-13)16-10-17(31-27-16)22(30)6-7-28(2)21(22)29/h3-5,8-11,30H,6-7H2,1-2H3,(H2,23,24,25). The second-order valence-corrected chi connectivity index (χ2v) is 7.77. The van der Waals surface area contributed by atoms with Crippen molar-refractivity contribution in [1.29, 1.82) is 0 Å². The number of rotatable bonds is 3. The Morgan fingerprint density at radius 1 is 1.13 bits per heavy atom. The SMILES string of the molecule is Cc1cc(-c2cccc(-c3cc(C4(O)CCN(C)C4=O)on3)c2)nc2c(N)ncnc12. The van der Waals surface area contributed by atoms with Gasteiger partial charge in [0.2, 0.25) is 5.60 Å². The van der Waals surface area contributed by atoms with E-state index >= 15 is 0 Å². The van der Waals surface area contributed by atoms with E-state index in [2.05, 4.69) is 20.1 Å². The van der Waals surface area contributed by atoms with Crippen LogP contribution in [0.3, 0.4) is 0 Å². The molecule has 9 nitrogen and oxygen atoms in total. The molecule has 9 heteroatoms. The molecule has 3 N–H and O–H groups in total. The Hall–Kier alpha value is -3.85. The number of nitrogens with two attached hydrogens (primary N) is 1. The molecule has 1 unspecified atom stereocenters. The Balaban J connectivity index is 1.54. The number of amides is 1. The van der Waals surface area contributed by atoms with E-state index in [0.717, 1.165) is 22.4 Å². The Morgan fingerprint density at radius 3 is 2.65 bits per heavy atom. The first-order chi connectivity index (χ1) is 14.9. The molecule has 1 aliphatic rings. The van der Waals surface area contributed by atoms with Gasteiger partial charge in [0.15, 0.2) is 11.6 Å². The molecule has 1 atom stereocenters. The number of hydrogen-bond acceptors (Lipinski definition) is 8. The molecule has 1 amide bonds. The summed E-state index contributed by atoms with van der Waals surface area (Å²) in [5.74, 6) is 0.0816. The van der Waals surface area contributed by atoms with Crippen LogP contribution in [0.1, 0.15) is 17.7 Å². The van der Waals surface area contributed by atoms with Crippen molar-refractivity contribution in [1.82, 2.24) is 25.0 Å². The number of carbonyl (C=O) groups excluding carboxylic acids is 1. The van der Waals surface area contributed by atoms with E-state index in [-0.39, 0.29) is 18.1 Å². The van der Waals surface area contributed by atoms with Crippen LogP contribution in [0, 0.1) is 6.92 Å². The van der Waals surface area contributed by atoms with Gasteiger partial charge >= 0.3 is 0 Å². The Kier molecular flexibility index (Phi) is 4.23. The van der Waals surface area contributed by atoms with Gasteiger partial charge < -0.3 is 20.3 Å². The summed E-state index contributed by atoms with van der Waals surface area (Å²) in [6.45, 7) is 2.41. The van der Waals surface area contributed by atoms with E-state index < -0.39 is 5.60 Å². The number of fused-ring (bicyclic) bond motifs is 1. The number of nitrogen functional groups attached to an aromatic ring is 1. The van der Waals surface area contributed by atoms with E-state index in [4.69, 9.17) is 10.3 Å². The van der Waals surface area contributed by atoms with Crippen LogP contribution in [-0.4, -0.2) is 49.6 Å². The fourth-order valence-corrected chi connectivity index (χ4v) is 3.89. The third-order valence-electron chi connectivity index (χ3n) is 5.69. The molecular weight excluding hydrogens is 396 g/mol. The van der Waals surface area contributed by atoms with E-state index in [1.807, 2.05) is 37.3 Å². The molecule has 0 radical (unpaired) electrons. The summed E-state index contributed by atoms with van der Waals surface area (Å²) in [6, 6.07) is 11.2. The van der Waals surface area contributed by atoms with Crippen LogP contribution in [0.4, 0.5) is 5.82 Å². The number of likely N-dealkylation sites (N-methyl/N-ethyl adjacent to an activating group) is 1. The lowest BCUT2D eigenvalue weighted by Gasteiger charge is -2.16. The number of aryl methyl sites for hydroxylation is 1. The molecule has 0 saturated carbocycles. The van der Waals surface area contributed by atoms with E-state index in [9.17, 15) is 9.90 Å². The van der Waals surface area contributed by atoms with Gasteiger partial charge in [-0.1, -0.05) is 23.4 Å². The van der Waals surface area contributed by atoms with E-state index in [1.165, 1.54) is 11.2 Å². The summed E-state index contributed by atoms with van der Waals surface area (Å²) in [4.78, 5) is 26.8. The first-order valence-corrected chi connectivity index (χ1v) is 9.80. The molecule has 1 aliphatic heterocycles. The largest absolute Gasteiger partial charge is 0.382 e. The molecule has 4 aromatic rings. The smallest absolute Gasteiger partial charge is 0.262 e. The predicted octanol–water partition coefficient (Wildman–Crippen LogP) is 2.29. The van der Waals surface area contributed by atoms with Crippen LogP contribution in [0.25, 0.3) is 33.5 Å². The Morgan fingerprint density at radius 2 is 1.90 bits per heavy atom. The zero-order valence-corrected chi connectivity index (χ0v) is 17.0. The molecular formula is C22H20N6O3. The summed E-state index contributed by atoms with van der Waals surface area (Å²) in [7, 11) is 1.65. The highest BCUT2D eigenvalue weighted by atomic mass is 16.5. The van der Waals surface area contributed by atoms with Crippen LogP contribution in [0.5, 0.6) is 0 Å². The van der Waals surface area contributed by atoms with Crippen molar-refractivity contribution in [2.75, 3.05) is 19.3 Å². The fourth-order valence-electron chi connectivity index (χ4n) is 3.89. The summed E-state index contributed by atoms with van der Waals surface area (Å²) in [5.41, 5.74) is 9.40. The molecule has 1 fully saturated rings. The number of likely N-dealkylation sites (tertiary alicyclic amines) is 1. The van der Waals surface area contributed by atoms with Crippen LogP contribution >= 0.6 is 0 Å². The maximum atomic E-state index is 12.3. The van der Waals surface area contributed by atoms with Gasteiger partial charge in [-0.2, -0.15) is 0 Å². The van der Waals surface area contributed by atoms with Gasteiger partial charge in [-0.05, 0) is 24.6 Å². The highest BCUT2D eigenvalue weighted by Crippen LogP contribution is 2.35. The first-order valence-electron chi connectivity index (χ1n) is 9.80. The minimum atomic E-state index is -1.67. The van der Waals surface area contributed by atoms with Crippen molar-refractivity contribution in [2.45, 2.75) is 18.9 Å². The second-order valence-electron chi connectivity index (χ2n) is 7.77. The molecule has 1 aromatic carbocycles. The van der Waals surface area contributed by atoms with Gasteiger partial charge in [0.25, 0.3) is 5.91 Å². The second kappa shape index (κ2) is 6.85. The average molecular weight is 416 g/mol. The van der Waals surface area contributed by atoms with Crippen molar-refractivity contribution in [3.8, 4) is 22.5 Å². The molecule has 0 aliphatic carbocycles. The summed E-state index contributed by atoms with van der Waals surface area (Å²) < 4.78 is 5.37. The third kappa shape index (κ3) is 3.01. The van der Waals surface area contributed by atoms with Crippen LogP contribution in [0.15, 0.2) is 47.2 Å². The maximum absolute atomic E-state index is 12.3. The normalized spacial score (nSPS) is 18.8. The molecule has 5 rings (SSSR count). The predicted molar refractivity (Wildman–Crippen MR) is 114 cm³/mol. The number of carbonyl (C=O) groups is 1. The molecule has 0 bridgehead atoms. The number of nitrogens with zero attached hydrogens (tertiary/aromatic N) is 5. The number of aliphatic hydroxyl groups is 1. The topological polar surface area (TPSA) is 131 Å². The van der Waals surface area contributed by atoms with Gasteiger partial charge in [0.1, 0.15) is 17.5 Å². The zero-order chi connectivity index (χ0) is 21.8. The minimum absolute atomic E-state index is 0.145. The quantitative estimate of drug-likeness (QED) is 0.520. The zero-order valence-electron chi connectivity index (χ0n) is 17.0. The molecule has 0 spiro atoms. The van der Waals surface area contributed by atoms with E-state index in [1.54, 1.807) is 13.1 Å². The highest BCUT2D eigenvalue weighted by molar-refractivity contribution is 5.89. The summed E-state index contributed by atoms with van der Waals surface area (Å²) in [5, 5.41) is 14.9. The lowest BCUT2D eigenvalue weighted by Crippen LogP contribution is -2.35. The summed E-state index contributed by atoms with van der Waals surface area (Å²) >= 11 is 0. The number of aromatic nitrogens is 4. The molecule has 4 heterocycles. The van der Waals surface area contributed by atoms with Crippen molar-refractivity contribution in [3.05, 3.63) is 54.0 Å². The highest BCUT2D eigenvalue weighted by Gasteiger charge is 2.48. The maximum Gasteiger partial charge on any atom is 0.262 e. The average Bonchev–Trinajstić information content (AvgIpc) is 3.37. The minimum Gasteiger partial charge on any atom is -0.382 e. The van der Waals surface area contributed by atoms with Crippen LogP contribution in [0.2, 0.25) is 0 Å². The van der Waals surface area contributed by atoms with Crippen molar-refractivity contribution in [2.24, 2.45) is 0 Å². The van der Waals surface area contributed by atoms with Crippen molar-refractivity contribution < 1.29 is 14.4 Å². The van der Waals surface area contributed by atoms with E-state index in [0.29, 0.717) is 29.1 Å². The van der Waals surface area contributed by atoms with Crippen molar-refractivity contribution in [3.63, 3.8) is 0 Å². The summed E-state index contributed by atoms with van der Waals surface area (Å²) in [6.07, 6.45) is 1.69. The Bertz CT molecular complexity index is 1330. The molecule has 156 valence electrons. The number of pyridine rings is 1. The van der Waals surface area contributed by atoms with Crippen LogP contribution < -0.4 is 5.73 Å². The molecule has 3 aromatic heterocycles. The van der Waals surface area contributed by atoms with Crippen molar-refractivity contribution >= 4 is 22.8 Å². The number of benzene rings is 1. The van der Waals surface area contributed by atoms with Gasteiger partial charge in [-0.25, -0.2) is 15.0 Å². The molecule has 31 heavy (non-hydrogen) atoms. The lowest BCUT2D eigenvalue weighted by atomic mass is 9.97. The van der Waals surface area contributed by atoms with Gasteiger partial charge in [-0.3, -0.25) is 4.79 Å². The third-order valence-corrected chi connectivity index (χ3v) is 5.69. The van der Waals surface area contributed by atoms with Gasteiger partial charge in [0.05, 0.1) is 11.2 Å². The Labute approximate surface area is 177 Å².